The monoisotopic (exact) mass is 227 g/mol. The second-order valence-electron chi connectivity index (χ2n) is 4.03. The Bertz CT molecular complexity index is 366. The molecular weight excluding hydrogens is 214 g/mol. The van der Waals surface area contributed by atoms with Gasteiger partial charge in [-0.05, 0) is 24.8 Å². The zero-order valence-corrected chi connectivity index (χ0v) is 8.98. The smallest absolute Gasteiger partial charge is 0.139 e. The van der Waals surface area contributed by atoms with Crippen LogP contribution >= 0.6 is 11.6 Å². The third-order valence-corrected chi connectivity index (χ3v) is 3.16. The number of rotatable bonds is 3. The molecule has 0 radical (unpaired) electrons. The van der Waals surface area contributed by atoms with E-state index in [-0.39, 0.29) is 16.7 Å². The van der Waals surface area contributed by atoms with E-state index in [1.807, 2.05) is 0 Å². The fraction of sp³-hybridized carbons (Fsp3) is 0.455. The normalized spacial score (nSPS) is 19.9. The summed E-state index contributed by atoms with van der Waals surface area (Å²) in [7, 11) is 0. The molecule has 2 rings (SSSR count). The van der Waals surface area contributed by atoms with Gasteiger partial charge in [-0.15, -0.1) is 0 Å². The molecule has 0 saturated heterocycles. The van der Waals surface area contributed by atoms with Gasteiger partial charge in [0.15, 0.2) is 0 Å². The van der Waals surface area contributed by atoms with Gasteiger partial charge in [-0.2, -0.15) is 0 Å². The number of benzene rings is 1. The van der Waals surface area contributed by atoms with Crippen LogP contribution in [0, 0.1) is 5.92 Å². The van der Waals surface area contributed by atoms with Gasteiger partial charge in [0.1, 0.15) is 5.75 Å². The number of aliphatic hydroxyl groups is 1. The van der Waals surface area contributed by atoms with E-state index < -0.39 is 12.1 Å². The van der Waals surface area contributed by atoms with Crippen molar-refractivity contribution in [3.05, 3.63) is 28.8 Å². The second kappa shape index (κ2) is 4.00. The Balaban J connectivity index is 2.24. The van der Waals surface area contributed by atoms with Crippen molar-refractivity contribution in [3.8, 4) is 5.75 Å². The quantitative estimate of drug-likeness (QED) is 0.738. The fourth-order valence-corrected chi connectivity index (χ4v) is 1.90. The van der Waals surface area contributed by atoms with E-state index in [9.17, 15) is 10.2 Å². The van der Waals surface area contributed by atoms with Gasteiger partial charge < -0.3 is 15.9 Å². The van der Waals surface area contributed by atoms with Crippen LogP contribution in [0.3, 0.4) is 0 Å². The predicted molar refractivity (Wildman–Crippen MR) is 58.8 cm³/mol. The zero-order chi connectivity index (χ0) is 11.0. The van der Waals surface area contributed by atoms with E-state index >= 15 is 0 Å². The van der Waals surface area contributed by atoms with Gasteiger partial charge in [-0.3, -0.25) is 0 Å². The van der Waals surface area contributed by atoms with Crippen LogP contribution in [0.15, 0.2) is 18.2 Å². The highest BCUT2D eigenvalue weighted by Crippen LogP contribution is 2.40. The summed E-state index contributed by atoms with van der Waals surface area (Å²) in [4.78, 5) is 0. The lowest BCUT2D eigenvalue weighted by Gasteiger charge is -2.20. The Labute approximate surface area is 93.5 Å². The molecule has 1 aliphatic rings. The van der Waals surface area contributed by atoms with Crippen LogP contribution in [0.4, 0.5) is 0 Å². The van der Waals surface area contributed by atoms with E-state index in [1.54, 1.807) is 18.2 Å². The van der Waals surface area contributed by atoms with Crippen molar-refractivity contribution in [1.29, 1.82) is 0 Å². The molecule has 0 aromatic heterocycles. The van der Waals surface area contributed by atoms with Crippen molar-refractivity contribution in [2.24, 2.45) is 11.7 Å². The van der Waals surface area contributed by atoms with Gasteiger partial charge in [-0.25, -0.2) is 0 Å². The van der Waals surface area contributed by atoms with E-state index in [0.717, 1.165) is 12.8 Å². The molecule has 4 heteroatoms. The molecule has 1 aromatic carbocycles. The Morgan fingerprint density at radius 2 is 2.07 bits per heavy atom. The third kappa shape index (κ3) is 2.09. The first-order chi connectivity index (χ1) is 7.11. The lowest BCUT2D eigenvalue weighted by atomic mass is 9.98. The van der Waals surface area contributed by atoms with Crippen LogP contribution in [-0.4, -0.2) is 16.3 Å². The number of aromatic hydroxyl groups is 1. The summed E-state index contributed by atoms with van der Waals surface area (Å²) in [6.07, 6.45) is 1.43. The van der Waals surface area contributed by atoms with Gasteiger partial charge in [0, 0.05) is 5.56 Å². The van der Waals surface area contributed by atoms with E-state index in [1.165, 1.54) is 0 Å². The molecule has 2 atom stereocenters. The largest absolute Gasteiger partial charge is 0.506 e. The molecule has 82 valence electrons. The molecule has 15 heavy (non-hydrogen) atoms. The topological polar surface area (TPSA) is 66.5 Å². The molecular formula is C11H14ClNO2. The average Bonchev–Trinajstić information content (AvgIpc) is 3.03. The van der Waals surface area contributed by atoms with Crippen LogP contribution in [0.5, 0.6) is 5.75 Å². The van der Waals surface area contributed by atoms with Gasteiger partial charge >= 0.3 is 0 Å². The first-order valence-electron chi connectivity index (χ1n) is 5.02. The molecule has 1 aliphatic carbocycles. The highest BCUT2D eigenvalue weighted by atomic mass is 35.5. The molecule has 1 fully saturated rings. The summed E-state index contributed by atoms with van der Waals surface area (Å²) in [5.41, 5.74) is 6.40. The van der Waals surface area contributed by atoms with E-state index in [2.05, 4.69) is 0 Å². The summed E-state index contributed by atoms with van der Waals surface area (Å²) in [6, 6.07) is 4.45. The van der Waals surface area contributed by atoms with Crippen molar-refractivity contribution in [3.63, 3.8) is 0 Å². The second-order valence-corrected chi connectivity index (χ2v) is 4.44. The van der Waals surface area contributed by atoms with E-state index in [4.69, 9.17) is 17.3 Å². The molecule has 1 saturated carbocycles. The minimum absolute atomic E-state index is 0.0219. The highest BCUT2D eigenvalue weighted by molar-refractivity contribution is 6.32. The number of aliphatic hydroxyl groups excluding tert-OH is 1. The van der Waals surface area contributed by atoms with Crippen molar-refractivity contribution in [2.45, 2.75) is 25.0 Å². The van der Waals surface area contributed by atoms with Crippen molar-refractivity contribution in [1.82, 2.24) is 0 Å². The molecule has 0 unspecified atom stereocenters. The molecule has 0 aliphatic heterocycles. The molecule has 0 heterocycles. The molecule has 0 amide bonds. The summed E-state index contributed by atoms with van der Waals surface area (Å²) in [5, 5.41) is 19.8. The fourth-order valence-electron chi connectivity index (χ4n) is 1.72. The Kier molecular flexibility index (Phi) is 2.87. The molecule has 0 bridgehead atoms. The lowest BCUT2D eigenvalue weighted by molar-refractivity contribution is 0.121. The predicted octanol–water partition coefficient (Wildman–Crippen LogP) is 1.82. The summed E-state index contributed by atoms with van der Waals surface area (Å²) < 4.78 is 0. The van der Waals surface area contributed by atoms with Gasteiger partial charge in [0.05, 0.1) is 17.2 Å². The molecule has 4 N–H and O–H groups in total. The number of phenols is 1. The maximum Gasteiger partial charge on any atom is 0.139 e. The van der Waals surface area contributed by atoms with Crippen LogP contribution in [0.1, 0.15) is 24.4 Å². The Morgan fingerprint density at radius 1 is 1.40 bits per heavy atom. The van der Waals surface area contributed by atoms with Crippen LogP contribution in [0.2, 0.25) is 5.02 Å². The number of hydrogen-bond donors (Lipinski definition) is 3. The SMILES string of the molecule is N[C@@H](c1cccc(Cl)c1O)[C@H](O)C1CC1. The standard InChI is InChI=1S/C11H14ClNO2/c12-8-3-1-2-7(11(8)15)9(13)10(14)6-4-5-6/h1-3,6,9-10,14-15H,4-5,13H2/t9-,10+/m0/s1. The van der Waals surface area contributed by atoms with Crippen LogP contribution in [-0.2, 0) is 0 Å². The summed E-state index contributed by atoms with van der Waals surface area (Å²) in [5.74, 6) is 0.254. The number of hydrogen-bond acceptors (Lipinski definition) is 3. The zero-order valence-electron chi connectivity index (χ0n) is 8.23. The third-order valence-electron chi connectivity index (χ3n) is 2.85. The van der Waals surface area contributed by atoms with E-state index in [0.29, 0.717) is 5.56 Å². The first kappa shape index (κ1) is 10.7. The Hall–Kier alpha value is -0.770. The minimum Gasteiger partial charge on any atom is -0.506 e. The Morgan fingerprint density at radius 3 is 2.67 bits per heavy atom. The summed E-state index contributed by atoms with van der Waals surface area (Å²) in [6.45, 7) is 0. The van der Waals surface area contributed by atoms with Crippen LogP contribution in [0.25, 0.3) is 0 Å². The lowest BCUT2D eigenvalue weighted by Crippen LogP contribution is -2.27. The molecule has 0 spiro atoms. The van der Waals surface area contributed by atoms with Gasteiger partial charge in [-0.1, -0.05) is 23.7 Å². The molecule has 1 aromatic rings. The average molecular weight is 228 g/mol. The van der Waals surface area contributed by atoms with Crippen molar-refractivity contribution in [2.75, 3.05) is 0 Å². The summed E-state index contributed by atoms with van der Waals surface area (Å²) >= 11 is 5.77. The number of phenolic OH excluding ortho intramolecular Hbond substituents is 1. The van der Waals surface area contributed by atoms with Gasteiger partial charge in [0.25, 0.3) is 0 Å². The maximum atomic E-state index is 9.85. The first-order valence-corrected chi connectivity index (χ1v) is 5.40. The van der Waals surface area contributed by atoms with Crippen molar-refractivity contribution < 1.29 is 10.2 Å². The highest BCUT2D eigenvalue weighted by Gasteiger charge is 2.35. The maximum absolute atomic E-state index is 9.85. The molecule has 3 nitrogen and oxygen atoms in total. The number of nitrogens with two attached hydrogens (primary N) is 1. The number of halogens is 1. The van der Waals surface area contributed by atoms with Crippen molar-refractivity contribution >= 4 is 11.6 Å². The minimum atomic E-state index is -0.589. The van der Waals surface area contributed by atoms with Crippen LogP contribution < -0.4 is 5.73 Å². The van der Waals surface area contributed by atoms with Gasteiger partial charge in [0.2, 0.25) is 0 Å². The number of para-hydroxylation sites is 1.